The number of hydrogen-bond acceptors (Lipinski definition) is 3. The molecule has 0 aromatic rings. The van der Waals surface area contributed by atoms with E-state index in [1.54, 1.807) is 0 Å². The zero-order valence-corrected chi connectivity index (χ0v) is 13.5. The molecule has 3 heteroatoms. The largest absolute Gasteiger partial charge is 0.311 e. The van der Waals surface area contributed by atoms with Crippen LogP contribution in [-0.2, 0) is 0 Å². The van der Waals surface area contributed by atoms with Gasteiger partial charge in [0, 0.05) is 31.2 Å². The van der Waals surface area contributed by atoms with Gasteiger partial charge in [-0.2, -0.15) is 0 Å². The summed E-state index contributed by atoms with van der Waals surface area (Å²) in [7, 11) is 4.36. The quantitative estimate of drug-likeness (QED) is 0.794. The van der Waals surface area contributed by atoms with Gasteiger partial charge in [-0.3, -0.25) is 4.90 Å². The summed E-state index contributed by atoms with van der Waals surface area (Å²) < 4.78 is 0. The standard InChI is InChI=1S/C16H33N3/c1-12(2)16-10-17-15(14-6-7-14)11-19(16)13(3)8-9-18(4)5/h12-17H,6-11H2,1-5H3. The fourth-order valence-corrected chi connectivity index (χ4v) is 3.37. The van der Waals surface area contributed by atoms with Gasteiger partial charge in [-0.05, 0) is 58.7 Å². The molecular formula is C16H33N3. The Morgan fingerprint density at radius 1 is 1.21 bits per heavy atom. The van der Waals surface area contributed by atoms with Crippen LogP contribution in [0.15, 0.2) is 0 Å². The van der Waals surface area contributed by atoms with Crippen LogP contribution in [0.2, 0.25) is 0 Å². The van der Waals surface area contributed by atoms with E-state index in [1.807, 2.05) is 0 Å². The predicted octanol–water partition coefficient (Wildman–Crippen LogP) is 2.04. The Morgan fingerprint density at radius 2 is 1.89 bits per heavy atom. The predicted molar refractivity (Wildman–Crippen MR) is 82.5 cm³/mol. The minimum atomic E-state index is 0.707. The van der Waals surface area contributed by atoms with Crippen LogP contribution in [0.25, 0.3) is 0 Å². The van der Waals surface area contributed by atoms with Gasteiger partial charge in [0.1, 0.15) is 0 Å². The molecular weight excluding hydrogens is 234 g/mol. The Bertz CT molecular complexity index is 273. The summed E-state index contributed by atoms with van der Waals surface area (Å²) in [5.41, 5.74) is 0. The van der Waals surface area contributed by atoms with Gasteiger partial charge in [0.05, 0.1) is 0 Å². The van der Waals surface area contributed by atoms with Crippen molar-refractivity contribution >= 4 is 0 Å². The summed E-state index contributed by atoms with van der Waals surface area (Å²) in [6.45, 7) is 10.8. The van der Waals surface area contributed by atoms with Crippen molar-refractivity contribution in [2.24, 2.45) is 11.8 Å². The van der Waals surface area contributed by atoms with Gasteiger partial charge in [0.15, 0.2) is 0 Å². The van der Waals surface area contributed by atoms with E-state index in [0.717, 1.165) is 17.9 Å². The summed E-state index contributed by atoms with van der Waals surface area (Å²) in [4.78, 5) is 5.11. The first-order chi connectivity index (χ1) is 8.99. The van der Waals surface area contributed by atoms with Crippen LogP contribution in [0, 0.1) is 11.8 Å². The van der Waals surface area contributed by atoms with Gasteiger partial charge >= 0.3 is 0 Å². The van der Waals surface area contributed by atoms with E-state index in [0.29, 0.717) is 12.1 Å². The molecule has 0 bridgehead atoms. The number of nitrogens with one attached hydrogen (secondary N) is 1. The summed E-state index contributed by atoms with van der Waals surface area (Å²) in [6.07, 6.45) is 4.18. The van der Waals surface area contributed by atoms with Crippen LogP contribution in [0.5, 0.6) is 0 Å². The van der Waals surface area contributed by atoms with Crippen LogP contribution >= 0.6 is 0 Å². The smallest absolute Gasteiger partial charge is 0.0247 e. The average molecular weight is 267 g/mol. The van der Waals surface area contributed by atoms with E-state index in [9.17, 15) is 0 Å². The van der Waals surface area contributed by atoms with Gasteiger partial charge in [-0.25, -0.2) is 0 Å². The zero-order chi connectivity index (χ0) is 14.0. The lowest BCUT2D eigenvalue weighted by Gasteiger charge is -2.46. The Hall–Kier alpha value is -0.120. The highest BCUT2D eigenvalue weighted by Crippen LogP contribution is 2.35. The summed E-state index contributed by atoms with van der Waals surface area (Å²) in [5, 5.41) is 3.81. The lowest BCUT2D eigenvalue weighted by Crippen LogP contribution is -2.61. The highest BCUT2D eigenvalue weighted by Gasteiger charge is 2.39. The van der Waals surface area contributed by atoms with Crippen molar-refractivity contribution in [3.8, 4) is 0 Å². The van der Waals surface area contributed by atoms with Gasteiger partial charge in [-0.15, -0.1) is 0 Å². The molecule has 0 radical (unpaired) electrons. The van der Waals surface area contributed by atoms with Gasteiger partial charge < -0.3 is 10.2 Å². The molecule has 3 atom stereocenters. The maximum atomic E-state index is 3.81. The van der Waals surface area contributed by atoms with Crippen LogP contribution in [-0.4, -0.2) is 61.7 Å². The summed E-state index contributed by atoms with van der Waals surface area (Å²) >= 11 is 0. The molecule has 1 aliphatic heterocycles. The summed E-state index contributed by atoms with van der Waals surface area (Å²) in [6, 6.07) is 2.18. The number of piperazine rings is 1. The number of hydrogen-bond donors (Lipinski definition) is 1. The maximum Gasteiger partial charge on any atom is 0.0247 e. The number of nitrogens with zero attached hydrogens (tertiary/aromatic N) is 2. The van der Waals surface area contributed by atoms with Crippen LogP contribution in [0.1, 0.15) is 40.0 Å². The van der Waals surface area contributed by atoms with Crippen LogP contribution in [0.3, 0.4) is 0 Å². The normalized spacial score (nSPS) is 31.1. The molecule has 112 valence electrons. The second-order valence-corrected chi connectivity index (χ2v) is 7.30. The van der Waals surface area contributed by atoms with Crippen molar-refractivity contribution in [1.82, 2.24) is 15.1 Å². The minimum Gasteiger partial charge on any atom is -0.311 e. The highest BCUT2D eigenvalue weighted by molar-refractivity contribution is 4.96. The Balaban J connectivity index is 1.93. The molecule has 3 unspecified atom stereocenters. The van der Waals surface area contributed by atoms with Crippen molar-refractivity contribution in [2.45, 2.75) is 58.2 Å². The van der Waals surface area contributed by atoms with Gasteiger partial charge in [0.25, 0.3) is 0 Å². The fourth-order valence-electron chi connectivity index (χ4n) is 3.37. The molecule has 0 aromatic carbocycles. The lowest BCUT2D eigenvalue weighted by molar-refractivity contribution is 0.0514. The molecule has 0 spiro atoms. The third kappa shape index (κ3) is 4.17. The van der Waals surface area contributed by atoms with E-state index in [2.05, 4.69) is 50.0 Å². The molecule has 1 saturated carbocycles. The first kappa shape index (κ1) is 15.3. The van der Waals surface area contributed by atoms with Gasteiger partial charge in [0.2, 0.25) is 0 Å². The van der Waals surface area contributed by atoms with Crippen molar-refractivity contribution in [1.29, 1.82) is 0 Å². The van der Waals surface area contributed by atoms with Crippen molar-refractivity contribution in [3.63, 3.8) is 0 Å². The van der Waals surface area contributed by atoms with Crippen molar-refractivity contribution in [3.05, 3.63) is 0 Å². The van der Waals surface area contributed by atoms with E-state index in [1.165, 1.54) is 38.9 Å². The van der Waals surface area contributed by atoms with Gasteiger partial charge in [-0.1, -0.05) is 13.8 Å². The molecule has 0 amide bonds. The average Bonchev–Trinajstić information content (AvgIpc) is 3.19. The second-order valence-electron chi connectivity index (χ2n) is 7.30. The molecule has 0 aromatic heterocycles. The first-order valence-corrected chi connectivity index (χ1v) is 8.13. The van der Waals surface area contributed by atoms with Crippen molar-refractivity contribution in [2.75, 3.05) is 33.7 Å². The number of rotatable bonds is 6. The third-order valence-electron chi connectivity index (χ3n) is 4.94. The highest BCUT2D eigenvalue weighted by atomic mass is 15.3. The van der Waals surface area contributed by atoms with Crippen molar-refractivity contribution < 1.29 is 0 Å². The monoisotopic (exact) mass is 267 g/mol. The molecule has 1 N–H and O–H groups in total. The fraction of sp³-hybridized carbons (Fsp3) is 1.00. The van der Waals surface area contributed by atoms with E-state index < -0.39 is 0 Å². The van der Waals surface area contributed by atoms with E-state index >= 15 is 0 Å². The van der Waals surface area contributed by atoms with Crippen LogP contribution < -0.4 is 5.32 Å². The SMILES string of the molecule is CC(C)C1CNC(C2CC2)CN1C(C)CCN(C)C. The lowest BCUT2D eigenvalue weighted by atomic mass is 9.94. The molecule has 1 saturated heterocycles. The summed E-state index contributed by atoms with van der Waals surface area (Å²) in [5.74, 6) is 1.71. The van der Waals surface area contributed by atoms with E-state index in [4.69, 9.17) is 0 Å². The zero-order valence-electron chi connectivity index (χ0n) is 13.5. The molecule has 19 heavy (non-hydrogen) atoms. The molecule has 2 rings (SSSR count). The molecule has 2 aliphatic rings. The maximum absolute atomic E-state index is 3.81. The topological polar surface area (TPSA) is 18.5 Å². The molecule has 2 fully saturated rings. The molecule has 1 aliphatic carbocycles. The third-order valence-corrected chi connectivity index (χ3v) is 4.94. The molecule has 1 heterocycles. The minimum absolute atomic E-state index is 0.707. The Morgan fingerprint density at radius 3 is 2.42 bits per heavy atom. The van der Waals surface area contributed by atoms with Crippen LogP contribution in [0.4, 0.5) is 0 Å². The van der Waals surface area contributed by atoms with E-state index in [-0.39, 0.29) is 0 Å². The Kier molecular flexibility index (Phi) is 5.27. The Labute approximate surface area is 119 Å². The first-order valence-electron chi connectivity index (χ1n) is 8.13. The molecule has 3 nitrogen and oxygen atoms in total. The second kappa shape index (κ2) is 6.55.